The summed E-state index contributed by atoms with van der Waals surface area (Å²) in [5.41, 5.74) is 0. The van der Waals surface area contributed by atoms with Crippen LogP contribution in [0, 0.1) is 11.8 Å². The zero-order chi connectivity index (χ0) is 16.0. The van der Waals surface area contributed by atoms with Crippen LogP contribution in [0.1, 0.15) is 33.6 Å². The third-order valence-corrected chi connectivity index (χ3v) is 3.50. The van der Waals surface area contributed by atoms with E-state index in [-0.39, 0.29) is 30.7 Å². The van der Waals surface area contributed by atoms with Gasteiger partial charge in [-0.2, -0.15) is 0 Å². The molecule has 6 heteroatoms. The molecule has 1 atom stereocenters. The second kappa shape index (κ2) is 8.00. The summed E-state index contributed by atoms with van der Waals surface area (Å²) in [6.45, 7) is 7.63. The molecule has 0 aromatic carbocycles. The van der Waals surface area contributed by atoms with Crippen LogP contribution in [-0.2, 0) is 19.1 Å². The molecule has 0 saturated carbocycles. The highest BCUT2D eigenvalue weighted by Crippen LogP contribution is 2.21. The van der Waals surface area contributed by atoms with Gasteiger partial charge in [-0.05, 0) is 12.3 Å². The Morgan fingerprint density at radius 1 is 1.43 bits per heavy atom. The molecule has 1 aliphatic heterocycles. The molecular formula is C15H26N2O4. The highest BCUT2D eigenvalue weighted by atomic mass is 16.5. The lowest BCUT2D eigenvalue weighted by Crippen LogP contribution is -2.41. The first-order valence-corrected chi connectivity index (χ1v) is 7.52. The van der Waals surface area contributed by atoms with Crippen LogP contribution in [0.4, 0.5) is 0 Å². The summed E-state index contributed by atoms with van der Waals surface area (Å²) in [6, 6.07) is 0. The van der Waals surface area contributed by atoms with E-state index in [1.54, 1.807) is 4.90 Å². The zero-order valence-corrected chi connectivity index (χ0v) is 13.4. The van der Waals surface area contributed by atoms with Gasteiger partial charge in [0.05, 0.1) is 13.0 Å². The van der Waals surface area contributed by atoms with Gasteiger partial charge in [-0.25, -0.2) is 0 Å². The first-order chi connectivity index (χ1) is 9.88. The number of likely N-dealkylation sites (tertiary alicyclic amines) is 1. The molecule has 120 valence electrons. The molecule has 21 heavy (non-hydrogen) atoms. The monoisotopic (exact) mass is 298 g/mol. The van der Waals surface area contributed by atoms with Crippen molar-refractivity contribution in [2.45, 2.75) is 33.6 Å². The van der Waals surface area contributed by atoms with Crippen molar-refractivity contribution >= 4 is 17.8 Å². The second-order valence-electron chi connectivity index (χ2n) is 5.93. The summed E-state index contributed by atoms with van der Waals surface area (Å²) in [4.78, 5) is 39.1. The fourth-order valence-corrected chi connectivity index (χ4v) is 2.57. The third-order valence-electron chi connectivity index (χ3n) is 3.50. The summed E-state index contributed by atoms with van der Waals surface area (Å²) < 4.78 is 4.62. The number of carbonyl (C=O) groups excluding carboxylic acids is 3. The van der Waals surface area contributed by atoms with Crippen LogP contribution in [0.15, 0.2) is 0 Å². The lowest BCUT2D eigenvalue weighted by molar-refractivity contribution is -0.148. The fraction of sp³-hybridized carbons (Fsp3) is 0.800. The smallest absolute Gasteiger partial charge is 0.325 e. The van der Waals surface area contributed by atoms with Crippen molar-refractivity contribution in [3.8, 4) is 0 Å². The van der Waals surface area contributed by atoms with Crippen molar-refractivity contribution in [2.75, 3.05) is 33.3 Å². The first kappa shape index (κ1) is 17.5. The summed E-state index contributed by atoms with van der Waals surface area (Å²) >= 11 is 0. The first-order valence-electron chi connectivity index (χ1n) is 7.52. The number of nitrogens with zero attached hydrogens (tertiary/aromatic N) is 2. The van der Waals surface area contributed by atoms with Crippen LogP contribution in [0.5, 0.6) is 0 Å². The van der Waals surface area contributed by atoms with Crippen molar-refractivity contribution in [1.82, 2.24) is 9.80 Å². The van der Waals surface area contributed by atoms with Crippen LogP contribution in [0.25, 0.3) is 0 Å². The van der Waals surface area contributed by atoms with E-state index >= 15 is 0 Å². The van der Waals surface area contributed by atoms with Crippen LogP contribution in [0.3, 0.4) is 0 Å². The van der Waals surface area contributed by atoms with Crippen LogP contribution in [-0.4, -0.2) is 60.9 Å². The van der Waals surface area contributed by atoms with Crippen molar-refractivity contribution in [3.05, 3.63) is 0 Å². The normalized spacial score (nSPS) is 18.2. The average Bonchev–Trinajstić information content (AvgIpc) is 2.78. The van der Waals surface area contributed by atoms with Crippen LogP contribution >= 0.6 is 0 Å². The maximum atomic E-state index is 12.5. The molecule has 1 aliphatic rings. The number of carbonyl (C=O) groups is 3. The van der Waals surface area contributed by atoms with Crippen LogP contribution < -0.4 is 0 Å². The molecule has 6 nitrogen and oxygen atoms in total. The molecule has 0 N–H and O–H groups in total. The van der Waals surface area contributed by atoms with E-state index < -0.39 is 5.97 Å². The van der Waals surface area contributed by atoms with Crippen molar-refractivity contribution < 1.29 is 19.1 Å². The predicted molar refractivity (Wildman–Crippen MR) is 78.4 cm³/mol. The molecule has 0 radical (unpaired) electrons. The number of amides is 2. The standard InChI is InChI=1S/C15H26N2O4/c1-5-6-16(10-14(19)21-4)15(20)12-7-13(18)17(9-12)8-11(2)3/h11-12H,5-10H2,1-4H3. The largest absolute Gasteiger partial charge is 0.468 e. The number of esters is 1. The maximum Gasteiger partial charge on any atom is 0.325 e. The van der Waals surface area contributed by atoms with Gasteiger partial charge in [-0.1, -0.05) is 20.8 Å². The second-order valence-corrected chi connectivity index (χ2v) is 5.93. The van der Waals surface area contributed by atoms with Gasteiger partial charge in [-0.3, -0.25) is 14.4 Å². The van der Waals surface area contributed by atoms with Crippen molar-refractivity contribution in [2.24, 2.45) is 11.8 Å². The molecular weight excluding hydrogens is 272 g/mol. The Morgan fingerprint density at radius 3 is 2.62 bits per heavy atom. The SMILES string of the molecule is CCCN(CC(=O)OC)C(=O)C1CC(=O)N(CC(C)C)C1. The summed E-state index contributed by atoms with van der Waals surface area (Å²) in [7, 11) is 1.31. The van der Waals surface area contributed by atoms with Gasteiger partial charge >= 0.3 is 5.97 Å². The summed E-state index contributed by atoms with van der Waals surface area (Å²) in [6.07, 6.45) is 1.01. The Labute approximate surface area is 126 Å². The van der Waals surface area contributed by atoms with Gasteiger partial charge in [0.2, 0.25) is 11.8 Å². The molecule has 1 fully saturated rings. The minimum atomic E-state index is -0.430. The highest BCUT2D eigenvalue weighted by Gasteiger charge is 2.36. The molecule has 1 heterocycles. The summed E-state index contributed by atoms with van der Waals surface area (Å²) in [5, 5.41) is 0. The number of hydrogen-bond donors (Lipinski definition) is 0. The van der Waals surface area contributed by atoms with E-state index in [1.807, 2.05) is 20.8 Å². The van der Waals surface area contributed by atoms with Gasteiger partial charge in [0.15, 0.2) is 0 Å². The van der Waals surface area contributed by atoms with E-state index in [0.717, 1.165) is 6.42 Å². The fourth-order valence-electron chi connectivity index (χ4n) is 2.57. The topological polar surface area (TPSA) is 66.9 Å². The Hall–Kier alpha value is -1.59. The quantitative estimate of drug-likeness (QED) is 0.655. The van der Waals surface area contributed by atoms with Crippen molar-refractivity contribution in [3.63, 3.8) is 0 Å². The number of rotatable bonds is 7. The molecule has 0 spiro atoms. The van der Waals surface area contributed by atoms with Gasteiger partial charge in [0.1, 0.15) is 6.54 Å². The Kier molecular flexibility index (Phi) is 6.65. The third kappa shape index (κ3) is 5.02. The van der Waals surface area contributed by atoms with Gasteiger partial charge < -0.3 is 14.5 Å². The lowest BCUT2D eigenvalue weighted by atomic mass is 10.1. The molecule has 0 bridgehead atoms. The minimum absolute atomic E-state index is 0.0246. The summed E-state index contributed by atoms with van der Waals surface area (Å²) in [5.74, 6) is -0.490. The Bertz CT molecular complexity index is 395. The van der Waals surface area contributed by atoms with Gasteiger partial charge in [0.25, 0.3) is 0 Å². The Morgan fingerprint density at radius 2 is 2.10 bits per heavy atom. The lowest BCUT2D eigenvalue weighted by Gasteiger charge is -2.24. The molecule has 0 aliphatic carbocycles. The van der Waals surface area contributed by atoms with E-state index in [2.05, 4.69) is 4.74 Å². The maximum absolute atomic E-state index is 12.5. The minimum Gasteiger partial charge on any atom is -0.468 e. The average molecular weight is 298 g/mol. The molecule has 2 amide bonds. The highest BCUT2D eigenvalue weighted by molar-refractivity contribution is 5.90. The zero-order valence-electron chi connectivity index (χ0n) is 13.4. The molecule has 1 saturated heterocycles. The van der Waals surface area contributed by atoms with Gasteiger partial charge in [0, 0.05) is 26.1 Å². The number of hydrogen-bond acceptors (Lipinski definition) is 4. The molecule has 0 aromatic heterocycles. The molecule has 1 rings (SSSR count). The number of methoxy groups -OCH3 is 1. The van der Waals surface area contributed by atoms with E-state index in [4.69, 9.17) is 0 Å². The Balaban J connectivity index is 2.67. The van der Waals surface area contributed by atoms with Gasteiger partial charge in [-0.15, -0.1) is 0 Å². The van der Waals surface area contributed by atoms with Crippen molar-refractivity contribution in [1.29, 1.82) is 0 Å². The molecule has 0 aromatic rings. The molecule has 1 unspecified atom stereocenters. The predicted octanol–water partition coefficient (Wildman–Crippen LogP) is 0.902. The van der Waals surface area contributed by atoms with E-state index in [0.29, 0.717) is 25.6 Å². The van der Waals surface area contributed by atoms with E-state index in [1.165, 1.54) is 12.0 Å². The van der Waals surface area contributed by atoms with E-state index in [9.17, 15) is 14.4 Å². The van der Waals surface area contributed by atoms with Crippen LogP contribution in [0.2, 0.25) is 0 Å². The number of ether oxygens (including phenoxy) is 1.